The number of hydrogen-bond acceptors (Lipinski definition) is 5. The summed E-state index contributed by atoms with van der Waals surface area (Å²) in [7, 11) is 0. The molecule has 1 saturated heterocycles. The molecule has 2 aromatic rings. The Morgan fingerprint density at radius 3 is 2.79 bits per heavy atom. The van der Waals surface area contributed by atoms with Crippen LogP contribution in [0.25, 0.3) is 11.4 Å². The van der Waals surface area contributed by atoms with E-state index in [1.54, 1.807) is 4.90 Å². The highest BCUT2D eigenvalue weighted by Gasteiger charge is 2.46. The molecule has 1 aromatic heterocycles. The highest BCUT2D eigenvalue weighted by molar-refractivity contribution is 5.84. The van der Waals surface area contributed by atoms with Gasteiger partial charge < -0.3 is 15.0 Å². The number of benzene rings is 1. The van der Waals surface area contributed by atoms with Gasteiger partial charge in [-0.3, -0.25) is 9.59 Å². The van der Waals surface area contributed by atoms with E-state index in [-0.39, 0.29) is 23.8 Å². The lowest BCUT2D eigenvalue weighted by molar-refractivity contribution is -0.131. The van der Waals surface area contributed by atoms with Crippen LogP contribution < -0.4 is 5.32 Å². The first-order valence-electron chi connectivity index (χ1n) is 9.52. The molecule has 2 amide bonds. The van der Waals surface area contributed by atoms with Gasteiger partial charge in [-0.05, 0) is 13.3 Å². The third-order valence-electron chi connectivity index (χ3n) is 5.57. The predicted octanol–water partition coefficient (Wildman–Crippen LogP) is 1.59. The fraction of sp³-hybridized carbons (Fsp3) is 0.429. The van der Waals surface area contributed by atoms with E-state index in [2.05, 4.69) is 5.32 Å². The molecule has 146 valence electrons. The number of ether oxygens (including phenoxy) is 1. The Kier molecular flexibility index (Phi) is 4.85. The topological polar surface area (TPSA) is 84.4 Å². The fourth-order valence-electron chi connectivity index (χ4n) is 4.05. The summed E-state index contributed by atoms with van der Waals surface area (Å²) in [6, 6.07) is 9.93. The molecule has 28 heavy (non-hydrogen) atoms. The molecule has 1 atom stereocenters. The van der Waals surface area contributed by atoms with Crippen LogP contribution in [0.3, 0.4) is 0 Å². The van der Waals surface area contributed by atoms with Crippen LogP contribution in [0.1, 0.15) is 30.3 Å². The van der Waals surface area contributed by atoms with Crippen molar-refractivity contribution in [3.05, 3.63) is 47.3 Å². The minimum absolute atomic E-state index is 0.0250. The number of carbonyl (C=O) groups excluding carboxylic acids is 2. The van der Waals surface area contributed by atoms with E-state index in [1.807, 2.05) is 37.3 Å². The van der Waals surface area contributed by atoms with E-state index in [0.717, 1.165) is 28.9 Å². The summed E-state index contributed by atoms with van der Waals surface area (Å²) in [5.41, 5.74) is 3.61. The maximum Gasteiger partial charge on any atom is 0.241 e. The van der Waals surface area contributed by atoms with E-state index in [9.17, 15) is 9.59 Å². The van der Waals surface area contributed by atoms with Gasteiger partial charge in [0.2, 0.25) is 11.8 Å². The van der Waals surface area contributed by atoms with Crippen LogP contribution in [0.2, 0.25) is 0 Å². The summed E-state index contributed by atoms with van der Waals surface area (Å²) in [5.74, 6) is 0.430. The molecule has 1 spiro atoms. The maximum absolute atomic E-state index is 12.5. The summed E-state index contributed by atoms with van der Waals surface area (Å²) in [6.07, 6.45) is 0.788. The van der Waals surface area contributed by atoms with Gasteiger partial charge in [-0.1, -0.05) is 30.3 Å². The molecule has 0 saturated carbocycles. The van der Waals surface area contributed by atoms with E-state index in [1.165, 1.54) is 6.92 Å². The van der Waals surface area contributed by atoms with Crippen LogP contribution in [0, 0.1) is 6.92 Å². The lowest BCUT2D eigenvalue weighted by Crippen LogP contribution is -2.44. The molecular formula is C21H24N4O3. The highest BCUT2D eigenvalue weighted by atomic mass is 16.5. The Balaban J connectivity index is 1.66. The number of hydrogen-bond donors (Lipinski definition) is 1. The number of aromatic nitrogens is 2. The average molecular weight is 380 g/mol. The van der Waals surface area contributed by atoms with E-state index in [4.69, 9.17) is 14.7 Å². The zero-order valence-corrected chi connectivity index (χ0v) is 16.2. The van der Waals surface area contributed by atoms with Crippen molar-refractivity contribution in [2.24, 2.45) is 0 Å². The number of rotatable bonds is 3. The minimum atomic E-state index is -0.323. The van der Waals surface area contributed by atoms with Gasteiger partial charge in [0.15, 0.2) is 5.82 Å². The van der Waals surface area contributed by atoms with Gasteiger partial charge in [0, 0.05) is 36.8 Å². The molecule has 3 heterocycles. The Hall–Kier alpha value is -2.80. The van der Waals surface area contributed by atoms with Crippen LogP contribution in [0.15, 0.2) is 30.3 Å². The molecule has 7 heteroatoms. The number of carbonyl (C=O) groups is 2. The summed E-state index contributed by atoms with van der Waals surface area (Å²) < 4.78 is 5.90. The van der Waals surface area contributed by atoms with Gasteiger partial charge in [0.1, 0.15) is 0 Å². The first-order valence-corrected chi connectivity index (χ1v) is 9.52. The largest absolute Gasteiger partial charge is 0.376 e. The molecule has 4 rings (SSSR count). The molecule has 0 unspecified atom stereocenters. The number of nitrogens with one attached hydrogen (secondary N) is 1. The first kappa shape index (κ1) is 18.6. The number of amides is 2. The Morgan fingerprint density at radius 1 is 1.25 bits per heavy atom. The summed E-state index contributed by atoms with van der Waals surface area (Å²) in [6.45, 7) is 5.64. The average Bonchev–Trinajstić information content (AvgIpc) is 3.12. The van der Waals surface area contributed by atoms with Gasteiger partial charge in [-0.25, -0.2) is 9.97 Å². The molecule has 1 aromatic carbocycles. The van der Waals surface area contributed by atoms with Crippen LogP contribution >= 0.6 is 0 Å². The van der Waals surface area contributed by atoms with Gasteiger partial charge in [0.05, 0.1) is 30.9 Å². The monoisotopic (exact) mass is 380 g/mol. The number of nitrogens with zero attached hydrogens (tertiary/aromatic N) is 3. The standard InChI is InChI=1S/C21H24N4O3/c1-14-17-11-28-13-21(8-9-25(12-21)18(27)10-22-15(2)26)19(17)24-20(23-14)16-6-4-3-5-7-16/h3-7H,8-13H2,1-2H3,(H,22,26)/t21-/m0/s1. The lowest BCUT2D eigenvalue weighted by atomic mass is 9.80. The molecule has 0 bridgehead atoms. The molecule has 0 aliphatic carbocycles. The molecule has 2 aliphatic heterocycles. The molecule has 1 fully saturated rings. The predicted molar refractivity (Wildman–Crippen MR) is 103 cm³/mol. The minimum Gasteiger partial charge on any atom is -0.376 e. The normalized spacial score (nSPS) is 20.9. The van der Waals surface area contributed by atoms with Gasteiger partial charge in [-0.2, -0.15) is 0 Å². The van der Waals surface area contributed by atoms with Crippen molar-refractivity contribution >= 4 is 11.8 Å². The van der Waals surface area contributed by atoms with Crippen molar-refractivity contribution < 1.29 is 14.3 Å². The van der Waals surface area contributed by atoms with Crippen molar-refractivity contribution in [1.82, 2.24) is 20.2 Å². The van der Waals surface area contributed by atoms with Crippen molar-refractivity contribution in [2.75, 3.05) is 26.2 Å². The second kappa shape index (κ2) is 7.31. The van der Waals surface area contributed by atoms with Gasteiger partial charge in [0.25, 0.3) is 0 Å². The van der Waals surface area contributed by atoms with E-state index in [0.29, 0.717) is 32.1 Å². The zero-order chi connectivity index (χ0) is 19.7. The highest BCUT2D eigenvalue weighted by Crippen LogP contribution is 2.40. The third kappa shape index (κ3) is 3.38. The molecular weight excluding hydrogens is 356 g/mol. The quantitative estimate of drug-likeness (QED) is 0.874. The SMILES string of the molecule is CC(=O)NCC(=O)N1CC[C@@]2(COCc3c(C)nc(-c4ccccc4)nc32)C1. The third-order valence-corrected chi connectivity index (χ3v) is 5.57. The van der Waals surface area contributed by atoms with Crippen LogP contribution in [-0.4, -0.2) is 52.9 Å². The Labute approximate surface area is 164 Å². The number of aryl methyl sites for hydroxylation is 1. The van der Waals surface area contributed by atoms with Crippen molar-refractivity contribution in [3.63, 3.8) is 0 Å². The second-order valence-corrected chi connectivity index (χ2v) is 7.57. The maximum atomic E-state index is 12.5. The van der Waals surface area contributed by atoms with E-state index < -0.39 is 0 Å². The lowest BCUT2D eigenvalue weighted by Gasteiger charge is -2.35. The first-order chi connectivity index (χ1) is 13.5. The molecule has 2 aliphatic rings. The van der Waals surface area contributed by atoms with Crippen LogP contribution in [0.4, 0.5) is 0 Å². The second-order valence-electron chi connectivity index (χ2n) is 7.57. The van der Waals surface area contributed by atoms with Crippen molar-refractivity contribution in [2.45, 2.75) is 32.3 Å². The molecule has 1 N–H and O–H groups in total. The zero-order valence-electron chi connectivity index (χ0n) is 16.2. The summed E-state index contributed by atoms with van der Waals surface area (Å²) in [5, 5.41) is 2.59. The Bertz CT molecular complexity index is 915. The summed E-state index contributed by atoms with van der Waals surface area (Å²) in [4.78, 5) is 35.0. The number of fused-ring (bicyclic) bond motifs is 2. The van der Waals surface area contributed by atoms with Gasteiger partial charge >= 0.3 is 0 Å². The van der Waals surface area contributed by atoms with Gasteiger partial charge in [-0.15, -0.1) is 0 Å². The van der Waals surface area contributed by atoms with Crippen LogP contribution in [0.5, 0.6) is 0 Å². The van der Waals surface area contributed by atoms with Crippen LogP contribution in [-0.2, 0) is 26.3 Å². The fourth-order valence-corrected chi connectivity index (χ4v) is 4.05. The smallest absolute Gasteiger partial charge is 0.241 e. The van der Waals surface area contributed by atoms with Crippen molar-refractivity contribution in [1.29, 1.82) is 0 Å². The van der Waals surface area contributed by atoms with Crippen molar-refractivity contribution in [3.8, 4) is 11.4 Å². The number of likely N-dealkylation sites (tertiary alicyclic amines) is 1. The van der Waals surface area contributed by atoms with E-state index >= 15 is 0 Å². The molecule has 0 radical (unpaired) electrons. The molecule has 7 nitrogen and oxygen atoms in total. The summed E-state index contributed by atoms with van der Waals surface area (Å²) >= 11 is 0. The Morgan fingerprint density at radius 2 is 2.04 bits per heavy atom.